The average molecular weight is 381 g/mol. The number of rotatable bonds is 8. The van der Waals surface area contributed by atoms with Crippen LogP contribution in [0.4, 0.5) is 11.4 Å². The molecule has 0 aliphatic carbocycles. The second kappa shape index (κ2) is 9.60. The Labute approximate surface area is 166 Å². The molecule has 0 heterocycles. The lowest BCUT2D eigenvalue weighted by molar-refractivity contribution is -0.114. The normalized spacial score (nSPS) is 10.7. The van der Waals surface area contributed by atoms with Crippen molar-refractivity contribution in [3.05, 3.63) is 66.7 Å². The van der Waals surface area contributed by atoms with Gasteiger partial charge in [-0.25, -0.2) is 0 Å². The third kappa shape index (κ3) is 7.15. The zero-order valence-corrected chi connectivity index (χ0v) is 16.5. The quantitative estimate of drug-likeness (QED) is 0.607. The minimum Gasteiger partial charge on any atom is -0.489 e. The van der Waals surface area contributed by atoms with Crippen LogP contribution in [0.2, 0.25) is 0 Å². The van der Waals surface area contributed by atoms with Crippen LogP contribution in [-0.2, 0) is 4.79 Å². The first-order chi connectivity index (χ1) is 13.3. The topological polar surface area (TPSA) is 79.5 Å². The summed E-state index contributed by atoms with van der Waals surface area (Å²) in [6.07, 6.45) is 1.67. The Morgan fingerprint density at radius 2 is 1.79 bits per heavy atom. The van der Waals surface area contributed by atoms with Crippen LogP contribution in [0.25, 0.3) is 0 Å². The van der Waals surface area contributed by atoms with Crippen LogP contribution in [-0.4, -0.2) is 30.5 Å². The van der Waals surface area contributed by atoms with E-state index in [1.54, 1.807) is 30.3 Å². The molecule has 2 aromatic carbocycles. The SMILES string of the molecule is C=CCOc1cccc(NCC(=O)Nc2ccc(C(=O)NC(C)(C)C)cc2)c1. The van der Waals surface area contributed by atoms with Gasteiger partial charge in [0.05, 0.1) is 6.54 Å². The molecule has 2 rings (SSSR count). The Balaban J connectivity index is 1.86. The molecular formula is C22H27N3O3. The predicted molar refractivity (Wildman–Crippen MR) is 113 cm³/mol. The maximum atomic E-state index is 12.2. The van der Waals surface area contributed by atoms with E-state index in [-0.39, 0.29) is 23.9 Å². The van der Waals surface area contributed by atoms with Crippen LogP contribution in [0, 0.1) is 0 Å². The highest BCUT2D eigenvalue weighted by atomic mass is 16.5. The van der Waals surface area contributed by atoms with E-state index in [9.17, 15) is 9.59 Å². The maximum absolute atomic E-state index is 12.2. The fourth-order valence-electron chi connectivity index (χ4n) is 2.36. The molecule has 2 amide bonds. The van der Waals surface area contributed by atoms with Gasteiger partial charge in [0.1, 0.15) is 12.4 Å². The first-order valence-corrected chi connectivity index (χ1v) is 9.07. The molecule has 0 saturated carbocycles. The van der Waals surface area contributed by atoms with E-state index in [1.165, 1.54) is 0 Å². The van der Waals surface area contributed by atoms with Gasteiger partial charge in [-0.1, -0.05) is 18.7 Å². The molecule has 6 heteroatoms. The van der Waals surface area contributed by atoms with Gasteiger partial charge in [-0.3, -0.25) is 9.59 Å². The fraction of sp³-hybridized carbons (Fsp3) is 0.273. The van der Waals surface area contributed by atoms with Crippen molar-refractivity contribution in [3.8, 4) is 5.75 Å². The van der Waals surface area contributed by atoms with Crippen LogP contribution in [0.5, 0.6) is 5.75 Å². The summed E-state index contributed by atoms with van der Waals surface area (Å²) in [4.78, 5) is 24.3. The van der Waals surface area contributed by atoms with E-state index in [4.69, 9.17) is 4.74 Å². The van der Waals surface area contributed by atoms with E-state index in [0.717, 1.165) is 5.69 Å². The molecule has 0 bridgehead atoms. The number of benzene rings is 2. The molecule has 0 fully saturated rings. The number of hydrogen-bond acceptors (Lipinski definition) is 4. The van der Waals surface area contributed by atoms with Crippen LogP contribution >= 0.6 is 0 Å². The Hall–Kier alpha value is -3.28. The van der Waals surface area contributed by atoms with Crippen molar-refractivity contribution in [2.75, 3.05) is 23.8 Å². The Kier molecular flexibility index (Phi) is 7.21. The van der Waals surface area contributed by atoms with Gasteiger partial charge in [-0.15, -0.1) is 0 Å². The second-order valence-electron chi connectivity index (χ2n) is 7.31. The summed E-state index contributed by atoms with van der Waals surface area (Å²) >= 11 is 0. The van der Waals surface area contributed by atoms with Crippen molar-refractivity contribution < 1.29 is 14.3 Å². The van der Waals surface area contributed by atoms with Gasteiger partial charge in [0, 0.05) is 28.5 Å². The minimum atomic E-state index is -0.302. The third-order valence-corrected chi connectivity index (χ3v) is 3.57. The maximum Gasteiger partial charge on any atom is 0.251 e. The second-order valence-corrected chi connectivity index (χ2v) is 7.31. The van der Waals surface area contributed by atoms with E-state index in [0.29, 0.717) is 23.6 Å². The monoisotopic (exact) mass is 381 g/mol. The van der Waals surface area contributed by atoms with Gasteiger partial charge < -0.3 is 20.7 Å². The summed E-state index contributed by atoms with van der Waals surface area (Å²) in [6, 6.07) is 14.1. The lowest BCUT2D eigenvalue weighted by Gasteiger charge is -2.20. The number of nitrogens with one attached hydrogen (secondary N) is 3. The molecule has 0 aliphatic rings. The molecule has 0 spiro atoms. The zero-order chi connectivity index (χ0) is 20.6. The van der Waals surface area contributed by atoms with Gasteiger partial charge in [0.15, 0.2) is 0 Å². The van der Waals surface area contributed by atoms with Crippen molar-refractivity contribution in [3.63, 3.8) is 0 Å². The van der Waals surface area contributed by atoms with Gasteiger partial charge in [-0.2, -0.15) is 0 Å². The summed E-state index contributed by atoms with van der Waals surface area (Å²) in [5.74, 6) is 0.365. The first-order valence-electron chi connectivity index (χ1n) is 9.07. The molecule has 0 aromatic heterocycles. The lowest BCUT2D eigenvalue weighted by Crippen LogP contribution is -2.40. The van der Waals surface area contributed by atoms with E-state index in [2.05, 4.69) is 22.5 Å². The summed E-state index contributed by atoms with van der Waals surface area (Å²) in [5, 5.41) is 8.75. The smallest absolute Gasteiger partial charge is 0.251 e. The zero-order valence-electron chi connectivity index (χ0n) is 16.5. The van der Waals surface area contributed by atoms with Crippen molar-refractivity contribution in [1.29, 1.82) is 0 Å². The Bertz CT molecular complexity index is 824. The largest absolute Gasteiger partial charge is 0.489 e. The van der Waals surface area contributed by atoms with Crippen molar-refractivity contribution in [1.82, 2.24) is 5.32 Å². The van der Waals surface area contributed by atoms with Crippen LogP contribution < -0.4 is 20.7 Å². The number of anilines is 2. The number of carbonyl (C=O) groups excluding carboxylic acids is 2. The molecule has 6 nitrogen and oxygen atoms in total. The molecule has 0 unspecified atom stereocenters. The van der Waals surface area contributed by atoms with Crippen LogP contribution in [0.3, 0.4) is 0 Å². The van der Waals surface area contributed by atoms with Gasteiger partial charge >= 0.3 is 0 Å². The van der Waals surface area contributed by atoms with Gasteiger partial charge in [-0.05, 0) is 57.2 Å². The summed E-state index contributed by atoms with van der Waals surface area (Å²) in [6.45, 7) is 9.92. The van der Waals surface area contributed by atoms with Gasteiger partial charge in [0.2, 0.25) is 5.91 Å². The van der Waals surface area contributed by atoms with Crippen molar-refractivity contribution in [2.24, 2.45) is 0 Å². The highest BCUT2D eigenvalue weighted by molar-refractivity contribution is 5.97. The number of amides is 2. The Morgan fingerprint density at radius 3 is 2.43 bits per heavy atom. The first kappa shape index (κ1) is 21.0. The van der Waals surface area contributed by atoms with Crippen molar-refractivity contribution in [2.45, 2.75) is 26.3 Å². The third-order valence-electron chi connectivity index (χ3n) is 3.57. The molecular weight excluding hydrogens is 354 g/mol. The lowest BCUT2D eigenvalue weighted by atomic mass is 10.1. The molecule has 0 radical (unpaired) electrons. The van der Waals surface area contributed by atoms with Crippen molar-refractivity contribution >= 4 is 23.2 Å². The summed E-state index contributed by atoms with van der Waals surface area (Å²) < 4.78 is 5.47. The summed E-state index contributed by atoms with van der Waals surface area (Å²) in [5.41, 5.74) is 1.65. The van der Waals surface area contributed by atoms with Crippen LogP contribution in [0.1, 0.15) is 31.1 Å². The number of ether oxygens (including phenoxy) is 1. The standard InChI is InChI=1S/C22H27N3O3/c1-5-13-28-19-8-6-7-18(14-19)23-15-20(26)24-17-11-9-16(10-12-17)21(27)25-22(2,3)4/h5-12,14,23H,1,13,15H2,2-4H3,(H,24,26)(H,25,27). The number of hydrogen-bond donors (Lipinski definition) is 3. The molecule has 0 atom stereocenters. The molecule has 148 valence electrons. The van der Waals surface area contributed by atoms with E-state index < -0.39 is 0 Å². The highest BCUT2D eigenvalue weighted by Gasteiger charge is 2.15. The Morgan fingerprint density at radius 1 is 1.07 bits per heavy atom. The molecule has 0 saturated heterocycles. The molecule has 2 aromatic rings. The average Bonchev–Trinajstić information content (AvgIpc) is 2.64. The minimum absolute atomic E-state index is 0.108. The van der Waals surface area contributed by atoms with E-state index >= 15 is 0 Å². The van der Waals surface area contributed by atoms with E-state index in [1.807, 2.05) is 45.0 Å². The van der Waals surface area contributed by atoms with Gasteiger partial charge in [0.25, 0.3) is 5.91 Å². The van der Waals surface area contributed by atoms with Crippen LogP contribution in [0.15, 0.2) is 61.2 Å². The molecule has 28 heavy (non-hydrogen) atoms. The summed E-state index contributed by atoms with van der Waals surface area (Å²) in [7, 11) is 0. The predicted octanol–water partition coefficient (Wildman–Crippen LogP) is 3.83. The number of carbonyl (C=O) groups is 2. The highest BCUT2D eigenvalue weighted by Crippen LogP contribution is 2.17. The molecule has 0 aliphatic heterocycles. The fourth-order valence-corrected chi connectivity index (χ4v) is 2.36. The molecule has 3 N–H and O–H groups in total.